The maximum Gasteiger partial charge on any atom is 0.181 e. The molecule has 0 saturated carbocycles. The summed E-state index contributed by atoms with van der Waals surface area (Å²) in [7, 11) is 0. The summed E-state index contributed by atoms with van der Waals surface area (Å²) in [6.07, 6.45) is 1.79. The predicted molar refractivity (Wildman–Crippen MR) is 95.1 cm³/mol. The number of hydrogen-bond donors (Lipinski definition) is 2. The van der Waals surface area contributed by atoms with Crippen molar-refractivity contribution in [3.8, 4) is 0 Å². The average Bonchev–Trinajstić information content (AvgIpc) is 2.98. The molecule has 3 rings (SSSR count). The number of hydrogen-bond acceptors (Lipinski definition) is 2. The molecule has 3 nitrogen and oxygen atoms in total. The number of carbonyl (C=O) groups excluding carboxylic acids is 1. The Bertz CT molecular complexity index is 823. The summed E-state index contributed by atoms with van der Waals surface area (Å²) in [6.45, 7) is 3.94. The van der Waals surface area contributed by atoms with E-state index in [0.29, 0.717) is 5.02 Å². The zero-order chi connectivity index (χ0) is 16.4. The van der Waals surface area contributed by atoms with E-state index in [1.165, 1.54) is 0 Å². The number of para-hydroxylation sites is 1. The molecule has 2 aromatic carbocycles. The third kappa shape index (κ3) is 3.31. The number of benzene rings is 2. The molecule has 1 heterocycles. The Kier molecular flexibility index (Phi) is 4.51. The number of aromatic amines is 1. The fraction of sp³-hybridized carbons (Fsp3) is 0.211. The van der Waals surface area contributed by atoms with Gasteiger partial charge in [0, 0.05) is 33.7 Å². The van der Waals surface area contributed by atoms with Crippen molar-refractivity contribution in [2.75, 3.05) is 0 Å². The van der Waals surface area contributed by atoms with Crippen LogP contribution in [-0.2, 0) is 0 Å². The number of nitrogens with one attached hydrogen (secondary N) is 2. The van der Waals surface area contributed by atoms with Crippen LogP contribution in [0.25, 0.3) is 10.9 Å². The fourth-order valence-electron chi connectivity index (χ4n) is 2.81. The molecule has 1 aromatic heterocycles. The van der Waals surface area contributed by atoms with E-state index in [-0.39, 0.29) is 17.9 Å². The van der Waals surface area contributed by atoms with Crippen LogP contribution in [0.4, 0.5) is 0 Å². The van der Waals surface area contributed by atoms with E-state index in [1.807, 2.05) is 62.4 Å². The van der Waals surface area contributed by atoms with Crippen LogP contribution in [0.2, 0.25) is 5.02 Å². The minimum atomic E-state index is -0.278. The van der Waals surface area contributed by atoms with Crippen LogP contribution in [0.1, 0.15) is 35.8 Å². The second-order valence-electron chi connectivity index (χ2n) is 5.77. The first-order chi connectivity index (χ1) is 11.1. The maximum absolute atomic E-state index is 12.7. The molecule has 23 heavy (non-hydrogen) atoms. The van der Waals surface area contributed by atoms with Crippen LogP contribution in [0.5, 0.6) is 0 Å². The third-order valence-electron chi connectivity index (χ3n) is 4.12. The number of aromatic nitrogens is 1. The summed E-state index contributed by atoms with van der Waals surface area (Å²) >= 11 is 5.92. The number of Topliss-reactive ketones (excluding diaryl/α,β-unsaturated/α-hetero) is 1. The first-order valence-corrected chi connectivity index (χ1v) is 8.06. The number of ketones is 1. The summed E-state index contributed by atoms with van der Waals surface area (Å²) in [5, 5.41) is 5.04. The SMILES string of the molecule is CC(NC(C)c1ccc(Cl)cc1)C(=O)c1c[nH]c2ccccc12. The van der Waals surface area contributed by atoms with Crippen molar-refractivity contribution in [3.05, 3.63) is 70.9 Å². The fourth-order valence-corrected chi connectivity index (χ4v) is 2.93. The number of fused-ring (bicyclic) bond motifs is 1. The summed E-state index contributed by atoms with van der Waals surface area (Å²) in [5.41, 5.74) is 2.81. The highest BCUT2D eigenvalue weighted by Crippen LogP contribution is 2.21. The van der Waals surface area contributed by atoms with E-state index in [1.54, 1.807) is 6.20 Å². The first-order valence-electron chi connectivity index (χ1n) is 7.68. The Morgan fingerprint density at radius 1 is 1.09 bits per heavy atom. The lowest BCUT2D eigenvalue weighted by molar-refractivity contribution is 0.0947. The van der Waals surface area contributed by atoms with Gasteiger partial charge in [-0.05, 0) is 37.6 Å². The van der Waals surface area contributed by atoms with Crippen molar-refractivity contribution >= 4 is 28.3 Å². The Morgan fingerprint density at radius 3 is 2.52 bits per heavy atom. The van der Waals surface area contributed by atoms with Gasteiger partial charge < -0.3 is 10.3 Å². The van der Waals surface area contributed by atoms with Gasteiger partial charge >= 0.3 is 0 Å². The molecule has 0 aliphatic heterocycles. The van der Waals surface area contributed by atoms with Crippen molar-refractivity contribution in [2.24, 2.45) is 0 Å². The molecule has 0 aliphatic carbocycles. The van der Waals surface area contributed by atoms with Gasteiger partial charge in [0.05, 0.1) is 6.04 Å². The molecule has 0 spiro atoms. The number of rotatable bonds is 5. The van der Waals surface area contributed by atoms with Crippen LogP contribution in [-0.4, -0.2) is 16.8 Å². The lowest BCUT2D eigenvalue weighted by atomic mass is 10.0. The van der Waals surface area contributed by atoms with Gasteiger partial charge in [-0.15, -0.1) is 0 Å². The Balaban J connectivity index is 1.76. The molecular weight excluding hydrogens is 308 g/mol. The van der Waals surface area contributed by atoms with E-state index in [4.69, 9.17) is 11.6 Å². The van der Waals surface area contributed by atoms with Crippen molar-refractivity contribution in [1.29, 1.82) is 0 Å². The third-order valence-corrected chi connectivity index (χ3v) is 4.37. The highest BCUT2D eigenvalue weighted by molar-refractivity contribution is 6.30. The molecule has 4 heteroatoms. The molecule has 0 amide bonds. The first kappa shape index (κ1) is 15.8. The van der Waals surface area contributed by atoms with Crippen LogP contribution in [0, 0.1) is 0 Å². The zero-order valence-corrected chi connectivity index (χ0v) is 13.9. The Morgan fingerprint density at radius 2 is 1.78 bits per heavy atom. The highest BCUT2D eigenvalue weighted by Gasteiger charge is 2.20. The van der Waals surface area contributed by atoms with E-state index < -0.39 is 0 Å². The topological polar surface area (TPSA) is 44.9 Å². The molecule has 3 aromatic rings. The predicted octanol–water partition coefficient (Wildman–Crippen LogP) is 4.74. The zero-order valence-electron chi connectivity index (χ0n) is 13.1. The summed E-state index contributed by atoms with van der Waals surface area (Å²) in [5.74, 6) is 0.0864. The standard InChI is InChI=1S/C19H19ClN2O/c1-12(14-7-9-15(20)10-8-14)22-13(2)19(23)17-11-21-18-6-4-3-5-16(17)18/h3-13,21-22H,1-2H3. The lowest BCUT2D eigenvalue weighted by Crippen LogP contribution is -2.35. The van der Waals surface area contributed by atoms with E-state index >= 15 is 0 Å². The van der Waals surface area contributed by atoms with E-state index in [2.05, 4.69) is 10.3 Å². The molecule has 2 atom stereocenters. The van der Waals surface area contributed by atoms with Crippen molar-refractivity contribution < 1.29 is 4.79 Å². The van der Waals surface area contributed by atoms with Crippen LogP contribution < -0.4 is 5.32 Å². The maximum atomic E-state index is 12.7. The van der Waals surface area contributed by atoms with Crippen LogP contribution in [0.3, 0.4) is 0 Å². The van der Waals surface area contributed by atoms with Crippen LogP contribution in [0.15, 0.2) is 54.7 Å². The van der Waals surface area contributed by atoms with Gasteiger partial charge in [-0.1, -0.05) is 41.9 Å². The average molecular weight is 327 g/mol. The molecule has 0 radical (unpaired) electrons. The Labute approximate surface area is 140 Å². The molecule has 0 fully saturated rings. The quantitative estimate of drug-likeness (QED) is 0.665. The smallest absolute Gasteiger partial charge is 0.181 e. The van der Waals surface area contributed by atoms with Gasteiger partial charge in [-0.3, -0.25) is 4.79 Å². The molecular formula is C19H19ClN2O. The van der Waals surface area contributed by atoms with Crippen molar-refractivity contribution in [2.45, 2.75) is 25.9 Å². The van der Waals surface area contributed by atoms with Gasteiger partial charge in [0.15, 0.2) is 5.78 Å². The van der Waals surface area contributed by atoms with Gasteiger partial charge in [0.2, 0.25) is 0 Å². The van der Waals surface area contributed by atoms with Crippen LogP contribution >= 0.6 is 11.6 Å². The summed E-state index contributed by atoms with van der Waals surface area (Å²) in [4.78, 5) is 15.9. The minimum absolute atomic E-state index is 0.0661. The summed E-state index contributed by atoms with van der Waals surface area (Å²) < 4.78 is 0. The largest absolute Gasteiger partial charge is 0.360 e. The van der Waals surface area contributed by atoms with Crippen molar-refractivity contribution in [3.63, 3.8) is 0 Å². The normalized spacial score (nSPS) is 13.9. The molecule has 2 unspecified atom stereocenters. The highest BCUT2D eigenvalue weighted by atomic mass is 35.5. The Hall–Kier alpha value is -2.10. The molecule has 118 valence electrons. The van der Waals surface area contributed by atoms with Gasteiger partial charge in [0.1, 0.15) is 0 Å². The molecule has 0 bridgehead atoms. The van der Waals surface area contributed by atoms with E-state index in [9.17, 15) is 4.79 Å². The number of carbonyl (C=O) groups is 1. The number of H-pyrrole nitrogens is 1. The van der Waals surface area contributed by atoms with Gasteiger partial charge in [0.25, 0.3) is 0 Å². The van der Waals surface area contributed by atoms with E-state index in [0.717, 1.165) is 22.0 Å². The summed E-state index contributed by atoms with van der Waals surface area (Å²) in [6, 6.07) is 15.3. The lowest BCUT2D eigenvalue weighted by Gasteiger charge is -2.19. The molecule has 0 saturated heterocycles. The van der Waals surface area contributed by atoms with Gasteiger partial charge in [-0.25, -0.2) is 0 Å². The monoisotopic (exact) mass is 326 g/mol. The molecule has 2 N–H and O–H groups in total. The molecule has 0 aliphatic rings. The number of halogens is 1. The minimum Gasteiger partial charge on any atom is -0.360 e. The second-order valence-corrected chi connectivity index (χ2v) is 6.21. The van der Waals surface area contributed by atoms with Crippen molar-refractivity contribution in [1.82, 2.24) is 10.3 Å². The van der Waals surface area contributed by atoms with Gasteiger partial charge in [-0.2, -0.15) is 0 Å². The second kappa shape index (κ2) is 6.57.